The van der Waals surface area contributed by atoms with Crippen molar-refractivity contribution in [2.24, 2.45) is 0 Å². The highest BCUT2D eigenvalue weighted by molar-refractivity contribution is 5.95. The summed E-state index contributed by atoms with van der Waals surface area (Å²) >= 11 is 0. The highest BCUT2D eigenvalue weighted by Gasteiger charge is 2.27. The van der Waals surface area contributed by atoms with Gasteiger partial charge in [0.2, 0.25) is 0 Å². The molecule has 0 unspecified atom stereocenters. The molecule has 1 saturated carbocycles. The minimum atomic E-state index is 0.0933. The van der Waals surface area contributed by atoms with Crippen LogP contribution in [0.25, 0.3) is 0 Å². The second-order valence-corrected chi connectivity index (χ2v) is 7.27. The number of rotatable bonds is 3. The largest absolute Gasteiger partial charge is 0.348 e. The van der Waals surface area contributed by atoms with Crippen LogP contribution in [0.3, 0.4) is 0 Å². The van der Waals surface area contributed by atoms with E-state index in [-0.39, 0.29) is 5.91 Å². The SMILES string of the molecule is Cc1ccccc1C(=O)N[C@H]1CCCN(C2CCCCCC2)C1. The number of benzene rings is 1. The molecule has 0 bridgehead atoms. The molecule has 1 aliphatic carbocycles. The van der Waals surface area contributed by atoms with Crippen molar-refractivity contribution in [2.75, 3.05) is 13.1 Å². The van der Waals surface area contributed by atoms with Gasteiger partial charge in [-0.1, -0.05) is 43.9 Å². The van der Waals surface area contributed by atoms with E-state index in [1.807, 2.05) is 31.2 Å². The van der Waals surface area contributed by atoms with Gasteiger partial charge >= 0.3 is 0 Å². The summed E-state index contributed by atoms with van der Waals surface area (Å²) in [6.07, 6.45) is 10.6. The van der Waals surface area contributed by atoms with Crippen molar-refractivity contribution in [3.05, 3.63) is 35.4 Å². The van der Waals surface area contributed by atoms with Gasteiger partial charge in [-0.15, -0.1) is 0 Å². The van der Waals surface area contributed by atoms with Crippen molar-refractivity contribution in [1.29, 1.82) is 0 Å². The molecule has 3 nitrogen and oxygen atoms in total. The number of carbonyl (C=O) groups excluding carboxylic acids is 1. The predicted octanol–water partition coefficient (Wildman–Crippen LogP) is 3.91. The van der Waals surface area contributed by atoms with Crippen LogP contribution in [0.4, 0.5) is 0 Å². The van der Waals surface area contributed by atoms with Gasteiger partial charge in [-0.05, 0) is 50.8 Å². The molecule has 1 atom stereocenters. The summed E-state index contributed by atoms with van der Waals surface area (Å²) < 4.78 is 0. The zero-order chi connectivity index (χ0) is 16.1. The van der Waals surface area contributed by atoms with E-state index in [0.717, 1.165) is 30.1 Å². The number of hydrogen-bond donors (Lipinski definition) is 1. The van der Waals surface area contributed by atoms with Gasteiger partial charge in [0.25, 0.3) is 5.91 Å². The summed E-state index contributed by atoms with van der Waals surface area (Å²) in [5.41, 5.74) is 1.88. The molecular formula is C20H30N2O. The van der Waals surface area contributed by atoms with Gasteiger partial charge in [-0.2, -0.15) is 0 Å². The monoisotopic (exact) mass is 314 g/mol. The molecule has 0 aromatic heterocycles. The second kappa shape index (κ2) is 7.96. The van der Waals surface area contributed by atoms with E-state index in [2.05, 4.69) is 10.2 Å². The number of hydrogen-bond acceptors (Lipinski definition) is 2. The van der Waals surface area contributed by atoms with Crippen LogP contribution < -0.4 is 5.32 Å². The number of aryl methyl sites for hydroxylation is 1. The highest BCUT2D eigenvalue weighted by atomic mass is 16.1. The molecule has 3 heteroatoms. The number of piperidine rings is 1. The van der Waals surface area contributed by atoms with Gasteiger partial charge in [0, 0.05) is 24.2 Å². The standard InChI is InChI=1S/C20H30N2O/c1-16-9-6-7-13-19(16)20(23)21-17-10-8-14-22(15-17)18-11-4-2-3-5-12-18/h6-7,9,13,17-18H,2-5,8,10-12,14-15H2,1H3,(H,21,23)/t17-/m0/s1. The first kappa shape index (κ1) is 16.5. The van der Waals surface area contributed by atoms with Crippen molar-refractivity contribution in [2.45, 2.75) is 70.4 Å². The quantitative estimate of drug-likeness (QED) is 0.858. The van der Waals surface area contributed by atoms with E-state index in [9.17, 15) is 4.79 Å². The Morgan fingerprint density at radius 2 is 1.78 bits per heavy atom. The van der Waals surface area contributed by atoms with Gasteiger partial charge in [0.05, 0.1) is 0 Å². The summed E-state index contributed by atoms with van der Waals surface area (Å²) in [4.78, 5) is 15.2. The summed E-state index contributed by atoms with van der Waals surface area (Å²) in [6, 6.07) is 8.92. The van der Waals surface area contributed by atoms with Crippen LogP contribution in [0, 0.1) is 6.92 Å². The number of nitrogens with one attached hydrogen (secondary N) is 1. The predicted molar refractivity (Wildman–Crippen MR) is 94.7 cm³/mol. The number of amides is 1. The molecular weight excluding hydrogens is 284 g/mol. The van der Waals surface area contributed by atoms with E-state index < -0.39 is 0 Å². The van der Waals surface area contributed by atoms with Crippen molar-refractivity contribution < 1.29 is 4.79 Å². The fraction of sp³-hybridized carbons (Fsp3) is 0.650. The molecule has 1 N–H and O–H groups in total. The molecule has 0 spiro atoms. The van der Waals surface area contributed by atoms with Crippen molar-refractivity contribution in [1.82, 2.24) is 10.2 Å². The number of likely N-dealkylation sites (tertiary alicyclic amines) is 1. The number of nitrogens with zero attached hydrogens (tertiary/aromatic N) is 1. The second-order valence-electron chi connectivity index (χ2n) is 7.27. The van der Waals surface area contributed by atoms with Crippen LogP contribution in [0.1, 0.15) is 67.3 Å². The zero-order valence-corrected chi connectivity index (χ0v) is 14.4. The lowest BCUT2D eigenvalue weighted by atomic mass is 9.99. The van der Waals surface area contributed by atoms with Crippen molar-refractivity contribution >= 4 is 5.91 Å². The first-order chi connectivity index (χ1) is 11.2. The fourth-order valence-electron chi connectivity index (χ4n) is 4.17. The van der Waals surface area contributed by atoms with Crippen LogP contribution in [-0.2, 0) is 0 Å². The maximum absolute atomic E-state index is 12.5. The molecule has 1 heterocycles. The molecule has 1 amide bonds. The minimum Gasteiger partial charge on any atom is -0.348 e. The van der Waals surface area contributed by atoms with Crippen molar-refractivity contribution in [3.63, 3.8) is 0 Å². The molecule has 0 radical (unpaired) electrons. The Hall–Kier alpha value is -1.35. The molecule has 1 aromatic carbocycles. The number of carbonyl (C=O) groups is 1. The van der Waals surface area contributed by atoms with E-state index in [0.29, 0.717) is 6.04 Å². The van der Waals surface area contributed by atoms with Gasteiger partial charge in [0.15, 0.2) is 0 Å². The molecule has 3 rings (SSSR count). The third kappa shape index (κ3) is 4.35. The van der Waals surface area contributed by atoms with Crippen LogP contribution in [-0.4, -0.2) is 36.0 Å². The minimum absolute atomic E-state index is 0.0933. The fourth-order valence-corrected chi connectivity index (χ4v) is 4.17. The Morgan fingerprint density at radius 1 is 1.04 bits per heavy atom. The Labute approximate surface area is 140 Å². The third-order valence-electron chi connectivity index (χ3n) is 5.52. The molecule has 126 valence electrons. The lowest BCUT2D eigenvalue weighted by molar-refractivity contribution is 0.0860. The Balaban J connectivity index is 1.58. The van der Waals surface area contributed by atoms with Gasteiger partial charge in [-0.25, -0.2) is 0 Å². The maximum Gasteiger partial charge on any atom is 0.251 e. The van der Waals surface area contributed by atoms with E-state index >= 15 is 0 Å². The summed E-state index contributed by atoms with van der Waals surface area (Å²) in [5.74, 6) is 0.0933. The first-order valence-corrected chi connectivity index (χ1v) is 9.34. The smallest absolute Gasteiger partial charge is 0.251 e. The Bertz CT molecular complexity index is 520. The summed E-state index contributed by atoms with van der Waals surface area (Å²) in [6.45, 7) is 4.25. The Kier molecular flexibility index (Phi) is 5.71. The van der Waals surface area contributed by atoms with E-state index in [1.54, 1.807) is 0 Å². The van der Waals surface area contributed by atoms with Gasteiger partial charge < -0.3 is 5.32 Å². The molecule has 2 aliphatic rings. The molecule has 1 aliphatic heterocycles. The van der Waals surface area contributed by atoms with Gasteiger partial charge in [0.1, 0.15) is 0 Å². The zero-order valence-electron chi connectivity index (χ0n) is 14.4. The van der Waals surface area contributed by atoms with E-state index in [1.165, 1.54) is 51.5 Å². The average Bonchev–Trinajstić information content (AvgIpc) is 2.85. The highest BCUT2D eigenvalue weighted by Crippen LogP contribution is 2.24. The van der Waals surface area contributed by atoms with Crippen LogP contribution in [0.2, 0.25) is 0 Å². The molecule has 23 heavy (non-hydrogen) atoms. The van der Waals surface area contributed by atoms with Crippen LogP contribution in [0.5, 0.6) is 0 Å². The maximum atomic E-state index is 12.5. The molecule has 1 aromatic rings. The van der Waals surface area contributed by atoms with Crippen LogP contribution >= 0.6 is 0 Å². The average molecular weight is 314 g/mol. The molecule has 1 saturated heterocycles. The Morgan fingerprint density at radius 3 is 2.52 bits per heavy atom. The van der Waals surface area contributed by atoms with Crippen molar-refractivity contribution in [3.8, 4) is 0 Å². The van der Waals surface area contributed by atoms with Crippen LogP contribution in [0.15, 0.2) is 24.3 Å². The lowest BCUT2D eigenvalue weighted by Crippen LogP contribution is -2.51. The topological polar surface area (TPSA) is 32.3 Å². The summed E-state index contributed by atoms with van der Waals surface area (Å²) in [5, 5.41) is 3.28. The van der Waals surface area contributed by atoms with E-state index in [4.69, 9.17) is 0 Å². The molecule has 2 fully saturated rings. The summed E-state index contributed by atoms with van der Waals surface area (Å²) in [7, 11) is 0. The van der Waals surface area contributed by atoms with Gasteiger partial charge in [-0.3, -0.25) is 9.69 Å². The first-order valence-electron chi connectivity index (χ1n) is 9.34. The lowest BCUT2D eigenvalue weighted by Gasteiger charge is -2.38. The third-order valence-corrected chi connectivity index (χ3v) is 5.52. The normalized spacial score (nSPS) is 24.1.